The summed E-state index contributed by atoms with van der Waals surface area (Å²) in [6.45, 7) is 4.92. The van der Waals surface area contributed by atoms with Crippen molar-refractivity contribution in [3.63, 3.8) is 0 Å². The number of amides is 1. The molecule has 3 aliphatic rings. The molecule has 156 valence electrons. The van der Waals surface area contributed by atoms with E-state index in [2.05, 4.69) is 15.0 Å². The third kappa shape index (κ3) is 3.76. The number of ether oxygens (including phenoxy) is 1. The number of likely N-dealkylation sites (tertiary alicyclic amines) is 2. The van der Waals surface area contributed by atoms with Crippen LogP contribution in [0, 0.1) is 5.41 Å². The molecule has 3 saturated heterocycles. The van der Waals surface area contributed by atoms with Crippen LogP contribution in [0.4, 0.5) is 0 Å². The molecular weight excluding hydrogens is 370 g/mol. The lowest BCUT2D eigenvalue weighted by atomic mass is 9.71. The van der Waals surface area contributed by atoms with E-state index in [1.54, 1.807) is 10.7 Å². The van der Waals surface area contributed by atoms with E-state index in [0.717, 1.165) is 77.1 Å². The van der Waals surface area contributed by atoms with Gasteiger partial charge < -0.3 is 14.7 Å². The van der Waals surface area contributed by atoms with Gasteiger partial charge in [0.1, 0.15) is 6.33 Å². The van der Waals surface area contributed by atoms with Gasteiger partial charge in [0.2, 0.25) is 0 Å². The molecule has 8 heteroatoms. The quantitative estimate of drug-likeness (QED) is 0.817. The van der Waals surface area contributed by atoms with Crippen LogP contribution in [0.1, 0.15) is 42.5 Å². The molecule has 3 fully saturated rings. The molecule has 3 aliphatic heterocycles. The Morgan fingerprint density at radius 3 is 2.79 bits per heavy atom. The minimum Gasteiger partial charge on any atom is -0.392 e. The van der Waals surface area contributed by atoms with Crippen LogP contribution in [0.2, 0.25) is 0 Å². The predicted octanol–water partition coefficient (Wildman–Crippen LogP) is 1.20. The summed E-state index contributed by atoms with van der Waals surface area (Å²) in [6.07, 6.45) is 7.82. The van der Waals surface area contributed by atoms with Gasteiger partial charge >= 0.3 is 0 Å². The molecule has 2 aromatic rings. The maximum absolute atomic E-state index is 13.0. The Labute approximate surface area is 170 Å². The Balaban J connectivity index is 1.25. The molecule has 0 saturated carbocycles. The van der Waals surface area contributed by atoms with Crippen LogP contribution in [0.3, 0.4) is 0 Å². The first-order chi connectivity index (χ1) is 14.1. The van der Waals surface area contributed by atoms with E-state index in [9.17, 15) is 9.90 Å². The van der Waals surface area contributed by atoms with Crippen LogP contribution >= 0.6 is 0 Å². The number of hydrogen-bond donors (Lipinski definition) is 1. The van der Waals surface area contributed by atoms with Gasteiger partial charge in [-0.05, 0) is 49.7 Å². The van der Waals surface area contributed by atoms with Crippen molar-refractivity contribution in [3.05, 3.63) is 30.2 Å². The minimum absolute atomic E-state index is 0.0508. The highest BCUT2D eigenvalue weighted by Gasteiger charge is 2.43. The standard InChI is InChI=1S/C21H29N5O3/c27-18-11-21(14-25(13-18)17-3-9-29-10-4-17)5-7-24(8-6-21)20(28)16-1-2-19-22-15-23-26(19)12-16/h1-2,12,15,17-18,27H,3-11,13-14H2. The van der Waals surface area contributed by atoms with Crippen molar-refractivity contribution >= 4 is 11.6 Å². The molecule has 0 aliphatic carbocycles. The van der Waals surface area contributed by atoms with Gasteiger partial charge in [0.25, 0.3) is 5.91 Å². The number of fused-ring (bicyclic) bond motifs is 1. The molecule has 1 amide bonds. The molecule has 5 heterocycles. The van der Waals surface area contributed by atoms with Crippen LogP contribution in [0.5, 0.6) is 0 Å². The van der Waals surface area contributed by atoms with E-state index in [4.69, 9.17) is 4.74 Å². The van der Waals surface area contributed by atoms with Crippen LogP contribution in [0.15, 0.2) is 24.7 Å². The zero-order valence-corrected chi connectivity index (χ0v) is 16.7. The molecular formula is C21H29N5O3. The first kappa shape index (κ1) is 19.0. The molecule has 2 aromatic heterocycles. The van der Waals surface area contributed by atoms with Crippen LogP contribution in [-0.4, -0.2) is 87.0 Å². The van der Waals surface area contributed by atoms with Gasteiger partial charge in [0, 0.05) is 51.6 Å². The van der Waals surface area contributed by atoms with E-state index in [1.807, 2.05) is 17.0 Å². The van der Waals surface area contributed by atoms with Gasteiger partial charge in [-0.3, -0.25) is 9.69 Å². The van der Waals surface area contributed by atoms with Crippen LogP contribution in [0.25, 0.3) is 5.65 Å². The van der Waals surface area contributed by atoms with Crippen LogP contribution in [-0.2, 0) is 4.74 Å². The maximum atomic E-state index is 13.0. The SMILES string of the molecule is O=C(c1ccc2ncnn2c1)N1CCC2(CC1)CC(O)CN(C1CCOCC1)C2. The second-order valence-corrected chi connectivity index (χ2v) is 8.90. The molecule has 0 aromatic carbocycles. The molecule has 1 atom stereocenters. The molecule has 1 spiro atoms. The third-order valence-corrected chi connectivity index (χ3v) is 6.99. The summed E-state index contributed by atoms with van der Waals surface area (Å²) in [7, 11) is 0. The van der Waals surface area contributed by atoms with E-state index < -0.39 is 0 Å². The summed E-state index contributed by atoms with van der Waals surface area (Å²) in [5, 5.41) is 14.7. The monoisotopic (exact) mass is 399 g/mol. The van der Waals surface area contributed by atoms with Crippen molar-refractivity contribution in [2.24, 2.45) is 5.41 Å². The average Bonchev–Trinajstić information content (AvgIpc) is 3.22. The predicted molar refractivity (Wildman–Crippen MR) is 107 cm³/mol. The summed E-state index contributed by atoms with van der Waals surface area (Å²) < 4.78 is 7.16. The fourth-order valence-electron chi connectivity index (χ4n) is 5.40. The lowest BCUT2D eigenvalue weighted by Gasteiger charge is -2.51. The molecule has 8 nitrogen and oxygen atoms in total. The number of hydrogen-bond acceptors (Lipinski definition) is 6. The summed E-state index contributed by atoms with van der Waals surface area (Å²) in [4.78, 5) is 21.6. The number of rotatable bonds is 2. The van der Waals surface area contributed by atoms with Crippen molar-refractivity contribution in [3.8, 4) is 0 Å². The zero-order valence-electron chi connectivity index (χ0n) is 16.7. The fraction of sp³-hybridized carbons (Fsp3) is 0.667. The van der Waals surface area contributed by atoms with Gasteiger partial charge in [-0.2, -0.15) is 5.10 Å². The van der Waals surface area contributed by atoms with Crippen molar-refractivity contribution in [1.29, 1.82) is 0 Å². The highest BCUT2D eigenvalue weighted by Crippen LogP contribution is 2.41. The number of carbonyl (C=O) groups is 1. The van der Waals surface area contributed by atoms with E-state index in [1.165, 1.54) is 6.33 Å². The molecule has 5 rings (SSSR count). The average molecular weight is 399 g/mol. The van der Waals surface area contributed by atoms with E-state index in [-0.39, 0.29) is 17.4 Å². The molecule has 0 radical (unpaired) electrons. The third-order valence-electron chi connectivity index (χ3n) is 6.99. The lowest BCUT2D eigenvalue weighted by molar-refractivity contribution is -0.0695. The van der Waals surface area contributed by atoms with Gasteiger partial charge in [0.15, 0.2) is 5.65 Å². The van der Waals surface area contributed by atoms with Crippen LogP contribution < -0.4 is 0 Å². The molecule has 1 N–H and O–H groups in total. The number of carbonyl (C=O) groups excluding carboxylic acids is 1. The summed E-state index contributed by atoms with van der Waals surface area (Å²) >= 11 is 0. The Hall–Kier alpha value is -2.03. The van der Waals surface area contributed by atoms with Crippen molar-refractivity contribution in [2.45, 2.75) is 44.2 Å². The largest absolute Gasteiger partial charge is 0.392 e. The van der Waals surface area contributed by atoms with Gasteiger partial charge in [-0.1, -0.05) is 0 Å². The Morgan fingerprint density at radius 2 is 2.00 bits per heavy atom. The number of β-amino-alcohol motifs (C(OH)–C–C–N with tert-alkyl or cyclic N) is 1. The van der Waals surface area contributed by atoms with Gasteiger partial charge in [0.05, 0.1) is 11.7 Å². The topological polar surface area (TPSA) is 83.2 Å². The van der Waals surface area contributed by atoms with Gasteiger partial charge in [-0.25, -0.2) is 9.50 Å². The maximum Gasteiger partial charge on any atom is 0.255 e. The normalized spacial score (nSPS) is 26.2. The fourth-order valence-corrected chi connectivity index (χ4v) is 5.40. The minimum atomic E-state index is -0.274. The van der Waals surface area contributed by atoms with Gasteiger partial charge in [-0.15, -0.1) is 0 Å². The molecule has 29 heavy (non-hydrogen) atoms. The number of nitrogens with zero attached hydrogens (tertiary/aromatic N) is 5. The molecule has 0 bridgehead atoms. The number of aliphatic hydroxyl groups is 1. The van der Waals surface area contributed by atoms with Crippen molar-refractivity contribution < 1.29 is 14.6 Å². The summed E-state index contributed by atoms with van der Waals surface area (Å²) in [5.41, 5.74) is 1.50. The highest BCUT2D eigenvalue weighted by atomic mass is 16.5. The highest BCUT2D eigenvalue weighted by molar-refractivity contribution is 5.94. The second-order valence-electron chi connectivity index (χ2n) is 8.90. The lowest BCUT2D eigenvalue weighted by Crippen LogP contribution is -2.57. The summed E-state index contributed by atoms with van der Waals surface area (Å²) in [6, 6.07) is 4.17. The first-order valence-corrected chi connectivity index (χ1v) is 10.7. The Bertz CT molecular complexity index is 870. The van der Waals surface area contributed by atoms with E-state index >= 15 is 0 Å². The van der Waals surface area contributed by atoms with Crippen molar-refractivity contribution in [1.82, 2.24) is 24.4 Å². The number of aliphatic hydroxyl groups excluding tert-OH is 1. The first-order valence-electron chi connectivity index (χ1n) is 10.7. The van der Waals surface area contributed by atoms with Crippen molar-refractivity contribution in [2.75, 3.05) is 39.4 Å². The second kappa shape index (κ2) is 7.66. The smallest absolute Gasteiger partial charge is 0.255 e. The summed E-state index contributed by atoms with van der Waals surface area (Å²) in [5.74, 6) is 0.0508. The number of piperidine rings is 2. The Kier molecular flexibility index (Phi) is 5.01. The number of aromatic nitrogens is 3. The Morgan fingerprint density at radius 1 is 1.21 bits per heavy atom. The number of pyridine rings is 1. The molecule has 1 unspecified atom stereocenters. The van der Waals surface area contributed by atoms with E-state index in [0.29, 0.717) is 11.6 Å². The zero-order chi connectivity index (χ0) is 19.8.